The summed E-state index contributed by atoms with van der Waals surface area (Å²) in [6.45, 7) is 2.01. The number of piperazine rings is 1. The van der Waals surface area contributed by atoms with Crippen LogP contribution in [0.5, 0.6) is 11.5 Å². The van der Waals surface area contributed by atoms with E-state index >= 15 is 0 Å². The van der Waals surface area contributed by atoms with E-state index in [2.05, 4.69) is 4.90 Å². The molecule has 2 aromatic carbocycles. The number of halogens is 1. The molecular formula is C18H19ClN2O3. The Hall–Kier alpha value is -2.24. The first kappa shape index (κ1) is 16.6. The molecule has 0 saturated carbocycles. The van der Waals surface area contributed by atoms with Gasteiger partial charge in [0.15, 0.2) is 0 Å². The highest BCUT2D eigenvalue weighted by molar-refractivity contribution is 6.32. The van der Waals surface area contributed by atoms with Gasteiger partial charge in [0.25, 0.3) is 5.91 Å². The van der Waals surface area contributed by atoms with Crippen LogP contribution in [0.1, 0.15) is 22.0 Å². The third kappa shape index (κ3) is 3.18. The summed E-state index contributed by atoms with van der Waals surface area (Å²) in [5.41, 5.74) is 1.14. The zero-order valence-electron chi connectivity index (χ0n) is 13.3. The molecular weight excluding hydrogens is 328 g/mol. The Bertz CT molecular complexity index is 751. The third-order valence-electron chi connectivity index (χ3n) is 4.32. The molecule has 5 nitrogen and oxygen atoms in total. The van der Waals surface area contributed by atoms with Crippen LogP contribution in [-0.2, 0) is 0 Å². The van der Waals surface area contributed by atoms with Crippen molar-refractivity contribution in [3.05, 3.63) is 58.6 Å². The second kappa shape index (κ2) is 6.71. The van der Waals surface area contributed by atoms with Crippen LogP contribution in [0.3, 0.4) is 0 Å². The Morgan fingerprint density at radius 2 is 1.83 bits per heavy atom. The first-order valence-electron chi connectivity index (χ1n) is 7.73. The summed E-state index contributed by atoms with van der Waals surface area (Å²) in [7, 11) is 2.02. The van der Waals surface area contributed by atoms with Gasteiger partial charge < -0.3 is 20.0 Å². The van der Waals surface area contributed by atoms with Gasteiger partial charge in [0.05, 0.1) is 16.6 Å². The zero-order chi connectivity index (χ0) is 17.3. The lowest BCUT2D eigenvalue weighted by atomic mass is 10.0. The second-order valence-electron chi connectivity index (χ2n) is 6.01. The molecule has 2 aromatic rings. The quantitative estimate of drug-likeness (QED) is 0.877. The molecule has 0 bridgehead atoms. The van der Waals surface area contributed by atoms with Gasteiger partial charge in [-0.2, -0.15) is 0 Å². The number of phenolic OH excluding ortho intramolecular Hbond substituents is 2. The summed E-state index contributed by atoms with van der Waals surface area (Å²) in [6.07, 6.45) is 0. The summed E-state index contributed by atoms with van der Waals surface area (Å²) < 4.78 is 0. The van der Waals surface area contributed by atoms with Crippen molar-refractivity contribution >= 4 is 17.5 Å². The molecule has 2 N–H and O–H groups in total. The van der Waals surface area contributed by atoms with E-state index in [0.29, 0.717) is 13.1 Å². The van der Waals surface area contributed by atoms with E-state index in [0.717, 1.165) is 18.2 Å². The topological polar surface area (TPSA) is 64.0 Å². The van der Waals surface area contributed by atoms with Crippen molar-refractivity contribution in [3.63, 3.8) is 0 Å². The molecule has 126 valence electrons. The molecule has 1 atom stereocenters. The summed E-state index contributed by atoms with van der Waals surface area (Å²) >= 11 is 5.91. The normalized spacial score (nSPS) is 18.6. The Morgan fingerprint density at radius 1 is 1.12 bits per heavy atom. The highest BCUT2D eigenvalue weighted by Gasteiger charge is 2.32. The molecule has 24 heavy (non-hydrogen) atoms. The number of benzene rings is 2. The van der Waals surface area contributed by atoms with Gasteiger partial charge in [-0.25, -0.2) is 0 Å². The number of hydrogen-bond acceptors (Lipinski definition) is 4. The third-order valence-corrected chi connectivity index (χ3v) is 4.63. The molecule has 1 unspecified atom stereocenters. The summed E-state index contributed by atoms with van der Waals surface area (Å²) in [4.78, 5) is 16.9. The Kier molecular flexibility index (Phi) is 4.64. The van der Waals surface area contributed by atoms with Crippen LogP contribution in [0.25, 0.3) is 0 Å². The molecule has 1 fully saturated rings. The van der Waals surface area contributed by atoms with Crippen LogP contribution in [0.2, 0.25) is 5.02 Å². The lowest BCUT2D eigenvalue weighted by Gasteiger charge is -2.40. The van der Waals surface area contributed by atoms with Crippen LogP contribution in [-0.4, -0.2) is 52.6 Å². The average molecular weight is 347 g/mol. The molecule has 1 amide bonds. The van der Waals surface area contributed by atoms with Gasteiger partial charge in [-0.05, 0) is 18.7 Å². The number of likely N-dealkylation sites (N-methyl/N-ethyl adjacent to an activating group) is 1. The number of phenols is 2. The SMILES string of the molecule is CN1CCN(C(=O)c2cc(Cl)c(O)cc2O)C(c2ccccc2)C1. The minimum absolute atomic E-state index is 0.0431. The van der Waals surface area contributed by atoms with E-state index in [4.69, 9.17) is 11.6 Å². The molecule has 3 rings (SSSR count). The van der Waals surface area contributed by atoms with Crippen molar-refractivity contribution < 1.29 is 15.0 Å². The van der Waals surface area contributed by atoms with Crippen molar-refractivity contribution in [2.45, 2.75) is 6.04 Å². The van der Waals surface area contributed by atoms with Crippen LogP contribution < -0.4 is 0 Å². The Labute approximate surface area is 145 Å². The largest absolute Gasteiger partial charge is 0.507 e. The molecule has 1 saturated heterocycles. The van der Waals surface area contributed by atoms with Gasteiger partial charge in [-0.3, -0.25) is 4.79 Å². The number of amides is 1. The van der Waals surface area contributed by atoms with Crippen molar-refractivity contribution in [1.82, 2.24) is 9.80 Å². The van der Waals surface area contributed by atoms with Gasteiger partial charge in [0.2, 0.25) is 0 Å². The molecule has 0 aromatic heterocycles. The van der Waals surface area contributed by atoms with Crippen LogP contribution in [0, 0.1) is 0 Å². The predicted molar refractivity (Wildman–Crippen MR) is 92.5 cm³/mol. The summed E-state index contributed by atoms with van der Waals surface area (Å²) in [6, 6.07) is 12.1. The Morgan fingerprint density at radius 3 is 2.54 bits per heavy atom. The van der Waals surface area contributed by atoms with Gasteiger partial charge >= 0.3 is 0 Å². The number of carbonyl (C=O) groups is 1. The number of rotatable bonds is 2. The maximum Gasteiger partial charge on any atom is 0.258 e. The van der Waals surface area contributed by atoms with Gasteiger partial charge in [0, 0.05) is 25.7 Å². The molecule has 1 heterocycles. The number of aromatic hydroxyl groups is 2. The van der Waals surface area contributed by atoms with Gasteiger partial charge in [-0.15, -0.1) is 0 Å². The van der Waals surface area contributed by atoms with E-state index in [1.807, 2.05) is 37.4 Å². The summed E-state index contributed by atoms with van der Waals surface area (Å²) in [5, 5.41) is 19.7. The number of hydrogen-bond donors (Lipinski definition) is 2. The van der Waals surface area contributed by atoms with Crippen LogP contribution >= 0.6 is 11.6 Å². The highest BCUT2D eigenvalue weighted by atomic mass is 35.5. The van der Waals surface area contributed by atoms with Crippen molar-refractivity contribution in [2.24, 2.45) is 0 Å². The van der Waals surface area contributed by atoms with E-state index < -0.39 is 0 Å². The van der Waals surface area contributed by atoms with Crippen molar-refractivity contribution in [2.75, 3.05) is 26.7 Å². The first-order chi connectivity index (χ1) is 11.5. The monoisotopic (exact) mass is 346 g/mol. The Balaban J connectivity index is 1.96. The van der Waals surface area contributed by atoms with Crippen LogP contribution in [0.15, 0.2) is 42.5 Å². The number of nitrogens with zero attached hydrogens (tertiary/aromatic N) is 2. The maximum absolute atomic E-state index is 13.0. The molecule has 0 spiro atoms. The fourth-order valence-electron chi connectivity index (χ4n) is 3.00. The standard InChI is InChI=1S/C18H19ClN2O3/c1-20-7-8-21(15(11-20)12-5-3-2-4-6-12)18(24)13-9-14(19)17(23)10-16(13)22/h2-6,9-10,15,22-23H,7-8,11H2,1H3. The predicted octanol–water partition coefficient (Wildman–Crippen LogP) is 2.88. The fourth-order valence-corrected chi connectivity index (χ4v) is 3.16. The fraction of sp³-hybridized carbons (Fsp3) is 0.278. The maximum atomic E-state index is 13.0. The molecule has 1 aliphatic rings. The molecule has 6 heteroatoms. The molecule has 0 aliphatic carbocycles. The lowest BCUT2D eigenvalue weighted by molar-refractivity contribution is 0.0495. The minimum Gasteiger partial charge on any atom is -0.507 e. The van der Waals surface area contributed by atoms with E-state index in [9.17, 15) is 15.0 Å². The second-order valence-corrected chi connectivity index (χ2v) is 6.42. The smallest absolute Gasteiger partial charge is 0.258 e. The molecule has 0 radical (unpaired) electrons. The van der Waals surface area contributed by atoms with Crippen molar-refractivity contribution in [1.29, 1.82) is 0 Å². The minimum atomic E-state index is -0.295. The van der Waals surface area contributed by atoms with E-state index in [-0.39, 0.29) is 34.0 Å². The number of carbonyl (C=O) groups excluding carboxylic acids is 1. The van der Waals surface area contributed by atoms with Gasteiger partial charge in [0.1, 0.15) is 11.5 Å². The van der Waals surface area contributed by atoms with Crippen LogP contribution in [0.4, 0.5) is 0 Å². The van der Waals surface area contributed by atoms with E-state index in [1.54, 1.807) is 4.90 Å². The highest BCUT2D eigenvalue weighted by Crippen LogP contribution is 2.34. The summed E-state index contributed by atoms with van der Waals surface area (Å²) in [5.74, 6) is -0.812. The van der Waals surface area contributed by atoms with Crippen molar-refractivity contribution in [3.8, 4) is 11.5 Å². The lowest BCUT2D eigenvalue weighted by Crippen LogP contribution is -2.49. The molecule has 1 aliphatic heterocycles. The van der Waals surface area contributed by atoms with Gasteiger partial charge in [-0.1, -0.05) is 41.9 Å². The first-order valence-corrected chi connectivity index (χ1v) is 8.11. The average Bonchev–Trinajstić information content (AvgIpc) is 2.58. The zero-order valence-corrected chi connectivity index (χ0v) is 14.1. The van der Waals surface area contributed by atoms with E-state index in [1.165, 1.54) is 6.07 Å².